The number of aryl methyl sites for hydroxylation is 1. The van der Waals surface area contributed by atoms with Crippen LogP contribution >= 0.6 is 0 Å². The van der Waals surface area contributed by atoms with Gasteiger partial charge < -0.3 is 9.80 Å². The fourth-order valence-corrected chi connectivity index (χ4v) is 3.44. The van der Waals surface area contributed by atoms with Crippen LogP contribution in [0.5, 0.6) is 0 Å². The second-order valence-electron chi connectivity index (χ2n) is 6.29. The van der Waals surface area contributed by atoms with Crippen LogP contribution in [-0.2, 0) is 6.18 Å². The fraction of sp³-hybridized carbons (Fsp3) is 0.143. The molecule has 5 heteroatoms. The van der Waals surface area contributed by atoms with E-state index in [0.717, 1.165) is 23.0 Å². The zero-order valence-electron chi connectivity index (χ0n) is 14.2. The second-order valence-corrected chi connectivity index (χ2v) is 6.29. The van der Waals surface area contributed by atoms with Gasteiger partial charge in [-0.05, 0) is 42.8 Å². The van der Waals surface area contributed by atoms with Gasteiger partial charge in [-0.2, -0.15) is 13.2 Å². The Labute approximate surface area is 150 Å². The topological polar surface area (TPSA) is 6.48 Å². The van der Waals surface area contributed by atoms with Crippen LogP contribution in [0.3, 0.4) is 0 Å². The van der Waals surface area contributed by atoms with Gasteiger partial charge in [-0.15, -0.1) is 0 Å². The lowest BCUT2D eigenvalue weighted by molar-refractivity contribution is -0.137. The molecule has 0 amide bonds. The number of anilines is 4. The van der Waals surface area contributed by atoms with Crippen molar-refractivity contribution in [1.29, 1.82) is 0 Å². The number of para-hydroxylation sites is 3. The van der Waals surface area contributed by atoms with Crippen molar-refractivity contribution in [1.82, 2.24) is 0 Å². The summed E-state index contributed by atoms with van der Waals surface area (Å²) in [5, 5.41) is 0. The molecule has 0 radical (unpaired) electrons. The molecular formula is C21H17F3N2. The van der Waals surface area contributed by atoms with Crippen molar-refractivity contribution in [3.05, 3.63) is 83.9 Å². The third-order valence-corrected chi connectivity index (χ3v) is 4.64. The summed E-state index contributed by atoms with van der Waals surface area (Å²) in [7, 11) is 0. The number of hydrogen-bond donors (Lipinski definition) is 0. The SMILES string of the molecule is Cc1ccccc1N1CN(c2ccccc2)c2cccc(C(F)(F)F)c21. The Bertz CT molecular complexity index is 935. The van der Waals surface area contributed by atoms with Crippen LogP contribution in [0.1, 0.15) is 11.1 Å². The van der Waals surface area contributed by atoms with Crippen molar-refractivity contribution in [2.45, 2.75) is 13.1 Å². The number of hydrogen-bond acceptors (Lipinski definition) is 2. The summed E-state index contributed by atoms with van der Waals surface area (Å²) in [6.07, 6.45) is -4.42. The average molecular weight is 354 g/mol. The highest BCUT2D eigenvalue weighted by molar-refractivity contribution is 5.89. The van der Waals surface area contributed by atoms with Gasteiger partial charge in [0.05, 0.1) is 16.9 Å². The Morgan fingerprint density at radius 2 is 1.38 bits per heavy atom. The second kappa shape index (κ2) is 6.09. The molecule has 0 N–H and O–H groups in total. The van der Waals surface area contributed by atoms with Gasteiger partial charge in [0.2, 0.25) is 0 Å². The molecule has 0 saturated carbocycles. The Morgan fingerprint density at radius 1 is 0.731 bits per heavy atom. The Kier molecular flexibility index (Phi) is 3.87. The first-order valence-electron chi connectivity index (χ1n) is 8.33. The molecule has 0 aromatic heterocycles. The fourth-order valence-electron chi connectivity index (χ4n) is 3.44. The van der Waals surface area contributed by atoms with Crippen LogP contribution in [0.15, 0.2) is 72.8 Å². The maximum absolute atomic E-state index is 13.7. The Morgan fingerprint density at radius 3 is 2.08 bits per heavy atom. The number of nitrogens with zero attached hydrogens (tertiary/aromatic N) is 2. The minimum absolute atomic E-state index is 0.207. The summed E-state index contributed by atoms with van der Waals surface area (Å²) in [6.45, 7) is 2.24. The van der Waals surface area contributed by atoms with Crippen LogP contribution in [0.4, 0.5) is 35.9 Å². The van der Waals surface area contributed by atoms with Crippen molar-refractivity contribution in [3.63, 3.8) is 0 Å². The van der Waals surface area contributed by atoms with E-state index in [9.17, 15) is 13.2 Å². The maximum Gasteiger partial charge on any atom is 0.418 e. The lowest BCUT2D eigenvalue weighted by Crippen LogP contribution is -2.25. The minimum atomic E-state index is -4.42. The normalized spacial score (nSPS) is 13.8. The van der Waals surface area contributed by atoms with Crippen LogP contribution in [0.2, 0.25) is 0 Å². The monoisotopic (exact) mass is 354 g/mol. The standard InChI is InChI=1S/C21H17F3N2/c1-15-8-5-6-12-18(15)26-14-25(16-9-3-2-4-10-16)19-13-7-11-17(20(19)26)21(22,23)24/h2-13H,14H2,1H3. The number of alkyl halides is 3. The molecule has 3 aromatic carbocycles. The zero-order chi connectivity index (χ0) is 18.3. The highest BCUT2D eigenvalue weighted by Crippen LogP contribution is 2.50. The van der Waals surface area contributed by atoms with Crippen molar-refractivity contribution in [2.75, 3.05) is 16.5 Å². The van der Waals surface area contributed by atoms with Gasteiger partial charge >= 0.3 is 6.18 Å². The third-order valence-electron chi connectivity index (χ3n) is 4.64. The van der Waals surface area contributed by atoms with Gasteiger partial charge in [0.15, 0.2) is 0 Å². The van der Waals surface area contributed by atoms with E-state index in [-0.39, 0.29) is 5.69 Å². The molecule has 0 atom stereocenters. The first-order valence-corrected chi connectivity index (χ1v) is 8.33. The first kappa shape index (κ1) is 16.5. The molecule has 2 nitrogen and oxygen atoms in total. The van der Waals surface area contributed by atoms with E-state index < -0.39 is 11.7 Å². The highest BCUT2D eigenvalue weighted by Gasteiger charge is 2.40. The summed E-state index contributed by atoms with van der Waals surface area (Å²) in [5.74, 6) is 0. The molecule has 0 spiro atoms. The molecule has 1 aliphatic rings. The van der Waals surface area contributed by atoms with Crippen molar-refractivity contribution >= 4 is 22.7 Å². The van der Waals surface area contributed by atoms with Crippen LogP contribution in [0, 0.1) is 6.92 Å². The van der Waals surface area contributed by atoms with Gasteiger partial charge in [0, 0.05) is 11.4 Å². The Hall–Kier alpha value is -2.95. The van der Waals surface area contributed by atoms with Gasteiger partial charge in [-0.1, -0.05) is 42.5 Å². The van der Waals surface area contributed by atoms with E-state index in [1.807, 2.05) is 66.4 Å². The molecule has 132 valence electrons. The van der Waals surface area contributed by atoms with Gasteiger partial charge in [0.1, 0.15) is 6.67 Å². The summed E-state index contributed by atoms with van der Waals surface area (Å²) >= 11 is 0. The molecule has 1 aliphatic heterocycles. The number of halogens is 3. The third kappa shape index (κ3) is 2.69. The quantitative estimate of drug-likeness (QED) is 0.536. The van der Waals surface area contributed by atoms with Crippen LogP contribution in [0.25, 0.3) is 0 Å². The maximum atomic E-state index is 13.7. The Balaban J connectivity index is 1.94. The molecule has 0 bridgehead atoms. The molecule has 4 rings (SSSR count). The van der Waals surface area contributed by atoms with Crippen molar-refractivity contribution < 1.29 is 13.2 Å². The van der Waals surface area contributed by atoms with E-state index in [2.05, 4.69) is 0 Å². The van der Waals surface area contributed by atoms with Gasteiger partial charge in [0.25, 0.3) is 0 Å². The first-order chi connectivity index (χ1) is 12.5. The lowest BCUT2D eigenvalue weighted by atomic mass is 10.1. The van der Waals surface area contributed by atoms with E-state index in [1.165, 1.54) is 6.07 Å². The number of rotatable bonds is 2. The molecule has 1 heterocycles. The largest absolute Gasteiger partial charge is 0.418 e. The molecule has 0 aliphatic carbocycles. The minimum Gasteiger partial charge on any atom is -0.321 e. The predicted molar refractivity (Wildman–Crippen MR) is 98.2 cm³/mol. The zero-order valence-corrected chi connectivity index (χ0v) is 14.2. The van der Waals surface area contributed by atoms with E-state index >= 15 is 0 Å². The lowest BCUT2D eigenvalue weighted by Gasteiger charge is -2.24. The molecule has 0 fully saturated rings. The van der Waals surface area contributed by atoms with Crippen molar-refractivity contribution in [2.24, 2.45) is 0 Å². The van der Waals surface area contributed by atoms with Crippen LogP contribution in [-0.4, -0.2) is 6.67 Å². The van der Waals surface area contributed by atoms with Crippen LogP contribution < -0.4 is 9.80 Å². The smallest absolute Gasteiger partial charge is 0.321 e. The molecule has 26 heavy (non-hydrogen) atoms. The highest BCUT2D eigenvalue weighted by atomic mass is 19.4. The van der Waals surface area contributed by atoms with Gasteiger partial charge in [-0.3, -0.25) is 0 Å². The van der Waals surface area contributed by atoms with E-state index in [4.69, 9.17) is 0 Å². The molecular weight excluding hydrogens is 337 g/mol. The number of fused-ring (bicyclic) bond motifs is 1. The van der Waals surface area contributed by atoms with Crippen molar-refractivity contribution in [3.8, 4) is 0 Å². The summed E-state index contributed by atoms with van der Waals surface area (Å²) in [6, 6.07) is 21.4. The molecule has 3 aromatic rings. The van der Waals surface area contributed by atoms with E-state index in [1.54, 1.807) is 11.0 Å². The van der Waals surface area contributed by atoms with Gasteiger partial charge in [-0.25, -0.2) is 0 Å². The summed E-state index contributed by atoms with van der Waals surface area (Å²) in [4.78, 5) is 3.66. The number of benzene rings is 3. The summed E-state index contributed by atoms with van der Waals surface area (Å²) < 4.78 is 41.2. The molecule has 0 unspecified atom stereocenters. The predicted octanol–water partition coefficient (Wildman–Crippen LogP) is 6.26. The van der Waals surface area contributed by atoms with E-state index in [0.29, 0.717) is 12.4 Å². The molecule has 0 saturated heterocycles. The average Bonchev–Trinajstić information content (AvgIpc) is 3.01. The summed E-state index contributed by atoms with van der Waals surface area (Å²) in [5.41, 5.74) is 2.74.